The second-order valence-electron chi connectivity index (χ2n) is 7.39. The number of halogens is 1. The summed E-state index contributed by atoms with van der Waals surface area (Å²) in [6.45, 7) is 4.83. The van der Waals surface area contributed by atoms with E-state index in [-0.39, 0.29) is 24.7 Å². The van der Waals surface area contributed by atoms with Gasteiger partial charge in [0.2, 0.25) is 10.0 Å². The van der Waals surface area contributed by atoms with Crippen LogP contribution in [0.25, 0.3) is 0 Å². The number of sulfonamides is 1. The SMILES string of the molecule is CCCS(=O)(=O)Nc1ccc(C(=O)N2CCN(C(=O)c3cc(F)ccn3)CC2)cc1C.[HH]. The van der Waals surface area contributed by atoms with Gasteiger partial charge in [0.05, 0.1) is 11.4 Å². The van der Waals surface area contributed by atoms with Crippen molar-refractivity contribution in [2.24, 2.45) is 0 Å². The number of pyridine rings is 1. The Morgan fingerprint density at radius 1 is 1.10 bits per heavy atom. The predicted molar refractivity (Wildman–Crippen MR) is 117 cm³/mol. The van der Waals surface area contributed by atoms with Crippen molar-refractivity contribution in [1.82, 2.24) is 14.8 Å². The Balaban J connectivity index is 0.00000363. The fourth-order valence-electron chi connectivity index (χ4n) is 3.38. The van der Waals surface area contributed by atoms with Gasteiger partial charge in [-0.25, -0.2) is 12.8 Å². The monoisotopic (exact) mass is 450 g/mol. The molecule has 10 heteroatoms. The molecule has 168 valence electrons. The van der Waals surface area contributed by atoms with Gasteiger partial charge in [0, 0.05) is 45.4 Å². The minimum absolute atomic E-state index is 0. The Bertz CT molecular complexity index is 1090. The van der Waals surface area contributed by atoms with Crippen molar-refractivity contribution in [2.45, 2.75) is 20.3 Å². The maximum Gasteiger partial charge on any atom is 0.272 e. The van der Waals surface area contributed by atoms with Crippen LogP contribution in [-0.2, 0) is 10.0 Å². The number of hydrogen-bond donors (Lipinski definition) is 1. The molecule has 8 nitrogen and oxygen atoms in total. The van der Waals surface area contributed by atoms with Gasteiger partial charge in [0.15, 0.2) is 0 Å². The summed E-state index contributed by atoms with van der Waals surface area (Å²) in [5.74, 6) is -1.06. The van der Waals surface area contributed by atoms with E-state index in [1.165, 1.54) is 12.3 Å². The van der Waals surface area contributed by atoms with Gasteiger partial charge < -0.3 is 9.80 Å². The molecule has 0 aliphatic carbocycles. The maximum absolute atomic E-state index is 13.3. The zero-order valence-electron chi connectivity index (χ0n) is 17.5. The molecule has 1 saturated heterocycles. The minimum Gasteiger partial charge on any atom is -0.335 e. The van der Waals surface area contributed by atoms with Crippen LogP contribution in [0.2, 0.25) is 0 Å². The van der Waals surface area contributed by atoms with E-state index in [0.29, 0.717) is 49.4 Å². The highest BCUT2D eigenvalue weighted by Crippen LogP contribution is 2.20. The van der Waals surface area contributed by atoms with Crippen LogP contribution < -0.4 is 4.72 Å². The van der Waals surface area contributed by atoms with E-state index >= 15 is 0 Å². The third-order valence-electron chi connectivity index (χ3n) is 5.01. The molecular formula is C21H27FN4O4S. The Labute approximate surface area is 182 Å². The fraction of sp³-hybridized carbons (Fsp3) is 0.381. The van der Waals surface area contributed by atoms with E-state index in [1.54, 1.807) is 41.8 Å². The number of hydrogen-bond acceptors (Lipinski definition) is 5. The van der Waals surface area contributed by atoms with Gasteiger partial charge in [-0.05, 0) is 43.2 Å². The number of piperazine rings is 1. The summed E-state index contributed by atoms with van der Waals surface area (Å²) in [7, 11) is -3.41. The number of benzene rings is 1. The number of nitrogens with one attached hydrogen (secondary N) is 1. The predicted octanol–water partition coefficient (Wildman–Crippen LogP) is 2.53. The molecule has 0 bridgehead atoms. The molecule has 1 aromatic heterocycles. The molecule has 1 aliphatic rings. The minimum atomic E-state index is -3.41. The van der Waals surface area contributed by atoms with Crippen LogP contribution in [0.4, 0.5) is 10.1 Å². The van der Waals surface area contributed by atoms with Crippen molar-refractivity contribution in [1.29, 1.82) is 0 Å². The van der Waals surface area contributed by atoms with Crippen LogP contribution in [-0.4, -0.2) is 66.9 Å². The lowest BCUT2D eigenvalue weighted by atomic mass is 10.1. The number of nitrogens with zero attached hydrogens (tertiary/aromatic N) is 3. The lowest BCUT2D eigenvalue weighted by molar-refractivity contribution is 0.0532. The van der Waals surface area contributed by atoms with E-state index < -0.39 is 15.8 Å². The standard InChI is InChI=1S/C21H25FN4O4S.H2/c1-3-12-31(29,30)24-18-5-4-16(13-15(18)2)20(27)25-8-10-26(11-9-25)21(28)19-14-17(22)6-7-23-19;/h4-7,13-14,24H,3,8-12H2,1-2H3;1H. The summed E-state index contributed by atoms with van der Waals surface area (Å²) in [4.78, 5) is 32.4. The van der Waals surface area contributed by atoms with E-state index in [9.17, 15) is 22.4 Å². The lowest BCUT2D eigenvalue weighted by Gasteiger charge is -2.34. The normalized spacial score (nSPS) is 14.4. The highest BCUT2D eigenvalue weighted by Gasteiger charge is 2.26. The van der Waals surface area contributed by atoms with Crippen LogP contribution >= 0.6 is 0 Å². The highest BCUT2D eigenvalue weighted by atomic mass is 32.2. The zero-order chi connectivity index (χ0) is 22.6. The molecule has 1 aromatic carbocycles. The molecule has 2 aromatic rings. The third kappa shape index (κ3) is 5.57. The van der Waals surface area contributed by atoms with Crippen LogP contribution in [0, 0.1) is 12.7 Å². The van der Waals surface area contributed by atoms with Gasteiger partial charge in [-0.15, -0.1) is 0 Å². The number of aromatic nitrogens is 1. The molecule has 0 unspecified atom stereocenters. The summed E-state index contributed by atoms with van der Waals surface area (Å²) in [5.41, 5.74) is 1.58. The second-order valence-corrected chi connectivity index (χ2v) is 9.24. The Morgan fingerprint density at radius 3 is 2.32 bits per heavy atom. The first-order valence-corrected chi connectivity index (χ1v) is 11.7. The highest BCUT2D eigenvalue weighted by molar-refractivity contribution is 7.92. The van der Waals surface area contributed by atoms with Crippen LogP contribution in [0.3, 0.4) is 0 Å². The van der Waals surface area contributed by atoms with Crippen molar-refractivity contribution in [3.63, 3.8) is 0 Å². The second kappa shape index (κ2) is 9.42. The molecule has 1 aliphatic heterocycles. The van der Waals surface area contributed by atoms with E-state index in [2.05, 4.69) is 9.71 Å². The number of carbonyl (C=O) groups is 2. The summed E-state index contributed by atoms with van der Waals surface area (Å²) >= 11 is 0. The molecule has 0 radical (unpaired) electrons. The first-order chi connectivity index (χ1) is 14.7. The Morgan fingerprint density at radius 2 is 1.74 bits per heavy atom. The van der Waals surface area contributed by atoms with Gasteiger partial charge in [-0.3, -0.25) is 19.3 Å². The van der Waals surface area contributed by atoms with Gasteiger partial charge in [-0.1, -0.05) is 6.92 Å². The van der Waals surface area contributed by atoms with Crippen molar-refractivity contribution in [2.75, 3.05) is 36.7 Å². The van der Waals surface area contributed by atoms with Crippen LogP contribution in [0.5, 0.6) is 0 Å². The zero-order valence-corrected chi connectivity index (χ0v) is 18.3. The number of amides is 2. The molecule has 0 saturated carbocycles. The van der Waals surface area contributed by atoms with Gasteiger partial charge >= 0.3 is 0 Å². The molecule has 1 fully saturated rings. The van der Waals surface area contributed by atoms with Gasteiger partial charge in [-0.2, -0.15) is 0 Å². The average Bonchev–Trinajstić information content (AvgIpc) is 2.74. The summed E-state index contributed by atoms with van der Waals surface area (Å²) in [6.07, 6.45) is 1.76. The number of aryl methyl sites for hydroxylation is 1. The molecule has 0 spiro atoms. The van der Waals surface area contributed by atoms with E-state index in [1.807, 2.05) is 0 Å². The molecule has 31 heavy (non-hydrogen) atoms. The van der Waals surface area contributed by atoms with Gasteiger partial charge in [0.25, 0.3) is 11.8 Å². The largest absolute Gasteiger partial charge is 0.335 e. The molecule has 2 amide bonds. The van der Waals surface area contributed by atoms with E-state index in [0.717, 1.165) is 6.07 Å². The maximum atomic E-state index is 13.3. The van der Waals surface area contributed by atoms with E-state index in [4.69, 9.17) is 0 Å². The molecule has 3 rings (SSSR count). The third-order valence-corrected chi connectivity index (χ3v) is 6.48. The topological polar surface area (TPSA) is 99.7 Å². The average molecular weight is 451 g/mol. The first kappa shape index (κ1) is 22.7. The van der Waals surface area contributed by atoms with Crippen molar-refractivity contribution in [3.8, 4) is 0 Å². The summed E-state index contributed by atoms with van der Waals surface area (Å²) in [6, 6.07) is 7.10. The quantitative estimate of drug-likeness (QED) is 0.729. The Kier molecular flexibility index (Phi) is 6.89. The number of rotatable bonds is 6. The number of carbonyl (C=O) groups excluding carboxylic acids is 2. The van der Waals surface area contributed by atoms with Crippen LogP contribution in [0.1, 0.15) is 41.2 Å². The smallest absolute Gasteiger partial charge is 0.272 e. The summed E-state index contributed by atoms with van der Waals surface area (Å²) < 4.78 is 39.8. The number of anilines is 1. The molecule has 2 heterocycles. The first-order valence-electron chi connectivity index (χ1n) is 10.0. The molecule has 1 N–H and O–H groups in total. The van der Waals surface area contributed by atoms with Crippen molar-refractivity contribution < 1.29 is 23.8 Å². The lowest BCUT2D eigenvalue weighted by Crippen LogP contribution is -2.50. The van der Waals surface area contributed by atoms with Gasteiger partial charge in [0.1, 0.15) is 11.5 Å². The molecule has 0 atom stereocenters. The van der Waals surface area contributed by atoms with Crippen molar-refractivity contribution in [3.05, 3.63) is 59.2 Å². The Hall–Kier alpha value is -3.01. The van der Waals surface area contributed by atoms with Crippen molar-refractivity contribution >= 4 is 27.5 Å². The summed E-state index contributed by atoms with van der Waals surface area (Å²) in [5, 5.41) is 0. The van der Waals surface area contributed by atoms with Crippen LogP contribution in [0.15, 0.2) is 36.5 Å². The fourth-order valence-corrected chi connectivity index (χ4v) is 4.58. The molecular weight excluding hydrogens is 423 g/mol.